The van der Waals surface area contributed by atoms with E-state index in [1.807, 2.05) is 49.4 Å². The van der Waals surface area contributed by atoms with Gasteiger partial charge in [-0.15, -0.1) is 0 Å². The molecule has 1 aliphatic heterocycles. The fraction of sp³-hybridized carbons (Fsp3) is 0.100. The van der Waals surface area contributed by atoms with Gasteiger partial charge in [0.2, 0.25) is 5.90 Å². The van der Waals surface area contributed by atoms with Crippen molar-refractivity contribution < 1.29 is 14.3 Å². The molecule has 0 amide bonds. The Morgan fingerprint density at radius 1 is 1.20 bits per heavy atom. The first kappa shape index (κ1) is 17.2. The highest BCUT2D eigenvalue weighted by Gasteiger charge is 2.26. The van der Waals surface area contributed by atoms with Crippen molar-refractivity contribution in [3.63, 3.8) is 0 Å². The Hall–Kier alpha value is -2.66. The first-order valence-corrected chi connectivity index (χ1v) is 8.46. The molecule has 3 rings (SSSR count). The zero-order chi connectivity index (χ0) is 17.8. The number of carbonyl (C=O) groups excluding carboxylic acids is 1. The molecule has 0 aromatic heterocycles. The number of ether oxygens (including phenoxy) is 2. The summed E-state index contributed by atoms with van der Waals surface area (Å²) in [5.74, 6) is 0.354. The summed E-state index contributed by atoms with van der Waals surface area (Å²) in [6.45, 7) is 1.92. The van der Waals surface area contributed by atoms with Crippen molar-refractivity contribution in [1.82, 2.24) is 0 Å². The summed E-state index contributed by atoms with van der Waals surface area (Å²) in [5.41, 5.74) is 2.85. The topological polar surface area (TPSA) is 47.9 Å². The van der Waals surface area contributed by atoms with Gasteiger partial charge in [0.15, 0.2) is 5.70 Å². The second-order valence-electron chi connectivity index (χ2n) is 5.48. The molecule has 1 aliphatic rings. The molecule has 1 heterocycles. The number of halogens is 1. The summed E-state index contributed by atoms with van der Waals surface area (Å²) in [7, 11) is 1.56. The SMILES string of the molecule is COc1ccc(Br)cc1C1=N/C(=C/C(C)=C\c2ccccc2)C(=O)O1. The minimum atomic E-state index is -0.474. The Bertz CT molecular complexity index is 898. The Kier molecular flexibility index (Phi) is 5.14. The van der Waals surface area contributed by atoms with Crippen molar-refractivity contribution in [2.45, 2.75) is 6.92 Å². The third-order valence-electron chi connectivity index (χ3n) is 3.57. The molecule has 2 aromatic rings. The number of hydrogen-bond donors (Lipinski definition) is 0. The largest absolute Gasteiger partial charge is 0.496 e. The van der Waals surface area contributed by atoms with Crippen LogP contribution in [0.5, 0.6) is 5.75 Å². The molecule has 0 saturated heterocycles. The molecule has 4 nitrogen and oxygen atoms in total. The second kappa shape index (κ2) is 7.49. The second-order valence-corrected chi connectivity index (χ2v) is 6.40. The van der Waals surface area contributed by atoms with E-state index < -0.39 is 5.97 Å². The van der Waals surface area contributed by atoms with E-state index in [0.717, 1.165) is 15.6 Å². The van der Waals surface area contributed by atoms with Crippen LogP contribution in [-0.2, 0) is 9.53 Å². The predicted octanol–water partition coefficient (Wildman–Crippen LogP) is 4.75. The van der Waals surface area contributed by atoms with Crippen LogP contribution in [0.3, 0.4) is 0 Å². The van der Waals surface area contributed by atoms with Crippen LogP contribution in [0.25, 0.3) is 6.08 Å². The highest BCUT2D eigenvalue weighted by Crippen LogP contribution is 2.27. The van der Waals surface area contributed by atoms with Crippen molar-refractivity contribution in [3.8, 4) is 5.75 Å². The molecule has 0 N–H and O–H groups in total. The lowest BCUT2D eigenvalue weighted by Crippen LogP contribution is -2.07. The van der Waals surface area contributed by atoms with Crippen molar-refractivity contribution in [2.24, 2.45) is 4.99 Å². The summed E-state index contributed by atoms with van der Waals surface area (Å²) in [5, 5.41) is 0. The summed E-state index contributed by atoms with van der Waals surface area (Å²) in [6, 6.07) is 15.3. The van der Waals surface area contributed by atoms with Gasteiger partial charge in [-0.1, -0.05) is 52.3 Å². The van der Waals surface area contributed by atoms with Crippen molar-refractivity contribution in [1.29, 1.82) is 0 Å². The molecule has 0 saturated carbocycles. The molecule has 25 heavy (non-hydrogen) atoms. The monoisotopic (exact) mass is 397 g/mol. The fourth-order valence-electron chi connectivity index (χ4n) is 2.44. The van der Waals surface area contributed by atoms with E-state index >= 15 is 0 Å². The van der Waals surface area contributed by atoms with Crippen LogP contribution in [0.2, 0.25) is 0 Å². The number of hydrogen-bond acceptors (Lipinski definition) is 4. The Morgan fingerprint density at radius 2 is 1.96 bits per heavy atom. The molecular formula is C20H16BrNO3. The minimum absolute atomic E-state index is 0.238. The number of benzene rings is 2. The van der Waals surface area contributed by atoms with Crippen LogP contribution in [0.15, 0.2) is 75.3 Å². The summed E-state index contributed by atoms with van der Waals surface area (Å²) >= 11 is 3.41. The first-order valence-electron chi connectivity index (χ1n) is 7.66. The van der Waals surface area contributed by atoms with E-state index in [9.17, 15) is 4.79 Å². The molecule has 0 unspecified atom stereocenters. The Morgan fingerprint density at radius 3 is 2.68 bits per heavy atom. The van der Waals surface area contributed by atoms with Crippen LogP contribution >= 0.6 is 15.9 Å². The smallest absolute Gasteiger partial charge is 0.363 e. The van der Waals surface area contributed by atoms with E-state index in [1.54, 1.807) is 25.3 Å². The highest BCUT2D eigenvalue weighted by atomic mass is 79.9. The van der Waals surface area contributed by atoms with Crippen LogP contribution in [0.1, 0.15) is 18.1 Å². The highest BCUT2D eigenvalue weighted by molar-refractivity contribution is 9.10. The zero-order valence-corrected chi connectivity index (χ0v) is 15.4. The Labute approximate surface area is 154 Å². The minimum Gasteiger partial charge on any atom is -0.496 e. The van der Waals surface area contributed by atoms with Gasteiger partial charge in [0.1, 0.15) is 5.75 Å². The lowest BCUT2D eigenvalue weighted by Gasteiger charge is -2.07. The van der Waals surface area contributed by atoms with Crippen molar-refractivity contribution >= 4 is 33.9 Å². The number of carbonyl (C=O) groups is 1. The normalized spacial score (nSPS) is 16.0. The van der Waals surface area contributed by atoms with Gasteiger partial charge in [0.25, 0.3) is 0 Å². The van der Waals surface area contributed by atoms with Crippen molar-refractivity contribution in [2.75, 3.05) is 7.11 Å². The predicted molar refractivity (Wildman–Crippen MR) is 101 cm³/mol. The van der Waals surface area contributed by atoms with Gasteiger partial charge in [-0.3, -0.25) is 0 Å². The lowest BCUT2D eigenvalue weighted by molar-refractivity contribution is -0.130. The standard InChI is InChI=1S/C20H16BrNO3/c1-13(10-14-6-4-3-5-7-14)11-17-20(23)25-19(22-17)16-12-15(21)8-9-18(16)24-2/h3-12H,1-2H3/b13-10-,17-11+. The summed E-state index contributed by atoms with van der Waals surface area (Å²) in [4.78, 5) is 16.5. The van der Waals surface area contributed by atoms with Crippen LogP contribution < -0.4 is 4.74 Å². The molecule has 0 bridgehead atoms. The third-order valence-corrected chi connectivity index (χ3v) is 4.06. The summed E-state index contributed by atoms with van der Waals surface area (Å²) in [6.07, 6.45) is 3.69. The van der Waals surface area contributed by atoms with Gasteiger partial charge in [-0.05, 0) is 42.3 Å². The molecule has 126 valence electrons. The number of rotatable bonds is 4. The molecule has 0 atom stereocenters. The Balaban J connectivity index is 1.93. The number of cyclic esters (lactones) is 1. The van der Waals surface area contributed by atoms with Gasteiger partial charge in [-0.25, -0.2) is 9.79 Å². The fourth-order valence-corrected chi connectivity index (χ4v) is 2.80. The van der Waals surface area contributed by atoms with Crippen molar-refractivity contribution in [3.05, 3.63) is 81.5 Å². The maximum atomic E-state index is 12.1. The summed E-state index contributed by atoms with van der Waals surface area (Å²) < 4.78 is 11.5. The number of esters is 1. The average molecular weight is 398 g/mol. The molecule has 0 aliphatic carbocycles. The first-order chi connectivity index (χ1) is 12.1. The molecule has 5 heteroatoms. The maximum absolute atomic E-state index is 12.1. The average Bonchev–Trinajstić information content (AvgIpc) is 2.96. The van der Waals surface area contributed by atoms with Gasteiger partial charge in [0, 0.05) is 4.47 Å². The van der Waals surface area contributed by atoms with E-state index in [1.165, 1.54) is 0 Å². The number of allylic oxidation sites excluding steroid dienone is 2. The van der Waals surface area contributed by atoms with Gasteiger partial charge in [-0.2, -0.15) is 0 Å². The third kappa shape index (κ3) is 4.06. The van der Waals surface area contributed by atoms with E-state index in [4.69, 9.17) is 9.47 Å². The van der Waals surface area contributed by atoms with Gasteiger partial charge in [0.05, 0.1) is 12.7 Å². The van der Waals surface area contributed by atoms with Gasteiger partial charge >= 0.3 is 5.97 Å². The van der Waals surface area contributed by atoms with Crippen LogP contribution in [0.4, 0.5) is 0 Å². The van der Waals surface area contributed by atoms with E-state index in [0.29, 0.717) is 11.3 Å². The molecule has 0 fully saturated rings. The molecule has 2 aromatic carbocycles. The quantitative estimate of drug-likeness (QED) is 0.552. The van der Waals surface area contributed by atoms with Crippen LogP contribution in [-0.4, -0.2) is 19.0 Å². The molecule has 0 spiro atoms. The van der Waals surface area contributed by atoms with Gasteiger partial charge < -0.3 is 9.47 Å². The number of methoxy groups -OCH3 is 1. The number of nitrogens with zero attached hydrogens (tertiary/aromatic N) is 1. The van der Waals surface area contributed by atoms with E-state index in [-0.39, 0.29) is 11.6 Å². The zero-order valence-electron chi connectivity index (χ0n) is 13.8. The lowest BCUT2D eigenvalue weighted by atomic mass is 10.1. The molecular weight excluding hydrogens is 382 g/mol. The molecule has 0 radical (unpaired) electrons. The maximum Gasteiger partial charge on any atom is 0.363 e. The number of aliphatic imine (C=N–C) groups is 1. The van der Waals surface area contributed by atoms with Crippen LogP contribution in [0, 0.1) is 0 Å². The van der Waals surface area contributed by atoms with E-state index in [2.05, 4.69) is 20.9 Å².